The Morgan fingerprint density at radius 3 is 2.55 bits per heavy atom. The highest BCUT2D eigenvalue weighted by molar-refractivity contribution is 6.01. The Morgan fingerprint density at radius 1 is 1.06 bits per heavy atom. The minimum atomic E-state index is -0.694. The molecule has 3 aromatic rings. The zero-order valence-electron chi connectivity index (χ0n) is 18.7. The molecule has 0 radical (unpaired) electrons. The van der Waals surface area contributed by atoms with Gasteiger partial charge in [0.1, 0.15) is 30.4 Å². The third kappa shape index (κ3) is 6.63. The molecule has 33 heavy (non-hydrogen) atoms. The normalized spacial score (nSPS) is 16.4. The fourth-order valence-corrected chi connectivity index (χ4v) is 3.92. The minimum Gasteiger partial charge on any atom is -0.491 e. The van der Waals surface area contributed by atoms with Gasteiger partial charge in [-0.3, -0.25) is 4.90 Å². The van der Waals surface area contributed by atoms with Gasteiger partial charge in [0.05, 0.1) is 5.71 Å². The van der Waals surface area contributed by atoms with E-state index in [1.54, 1.807) is 12.1 Å². The van der Waals surface area contributed by atoms with Crippen LogP contribution in [0.2, 0.25) is 0 Å². The van der Waals surface area contributed by atoms with Gasteiger partial charge < -0.3 is 14.7 Å². The van der Waals surface area contributed by atoms with E-state index in [0.717, 1.165) is 28.2 Å². The molecular weight excluding hydrogens is 419 g/mol. The van der Waals surface area contributed by atoms with Gasteiger partial charge in [0, 0.05) is 26.1 Å². The van der Waals surface area contributed by atoms with Crippen LogP contribution in [-0.2, 0) is 11.4 Å². The van der Waals surface area contributed by atoms with Crippen molar-refractivity contribution < 1.29 is 19.1 Å². The van der Waals surface area contributed by atoms with Crippen LogP contribution in [0.4, 0.5) is 4.39 Å². The van der Waals surface area contributed by atoms with Gasteiger partial charge in [-0.2, -0.15) is 0 Å². The van der Waals surface area contributed by atoms with Crippen LogP contribution >= 0.6 is 0 Å². The molecule has 6 heteroatoms. The summed E-state index contributed by atoms with van der Waals surface area (Å²) in [5.74, 6) is 0.499. The van der Waals surface area contributed by atoms with Crippen molar-refractivity contribution >= 4 is 5.71 Å². The van der Waals surface area contributed by atoms with Gasteiger partial charge in [-0.05, 0) is 41.8 Å². The van der Waals surface area contributed by atoms with Crippen LogP contribution in [0, 0.1) is 12.7 Å². The molecule has 1 aliphatic rings. The molecule has 172 valence electrons. The summed E-state index contributed by atoms with van der Waals surface area (Å²) in [6, 6.07) is 24.2. The first-order valence-corrected chi connectivity index (χ1v) is 11.2. The molecule has 1 aliphatic heterocycles. The summed E-state index contributed by atoms with van der Waals surface area (Å²) in [6.07, 6.45) is -0.120. The lowest BCUT2D eigenvalue weighted by molar-refractivity contribution is 0.0212. The van der Waals surface area contributed by atoms with E-state index in [4.69, 9.17) is 9.57 Å². The summed E-state index contributed by atoms with van der Waals surface area (Å²) in [5.41, 5.74) is 3.96. The van der Waals surface area contributed by atoms with Crippen molar-refractivity contribution in [2.24, 2.45) is 5.16 Å². The van der Waals surface area contributed by atoms with Gasteiger partial charge in [0.2, 0.25) is 0 Å². The van der Waals surface area contributed by atoms with Crippen LogP contribution < -0.4 is 4.74 Å². The van der Waals surface area contributed by atoms with Crippen LogP contribution in [0.5, 0.6) is 5.75 Å². The van der Waals surface area contributed by atoms with Gasteiger partial charge >= 0.3 is 0 Å². The number of hydrogen-bond donors (Lipinski definition) is 1. The molecule has 0 aromatic heterocycles. The second-order valence-corrected chi connectivity index (χ2v) is 8.39. The largest absolute Gasteiger partial charge is 0.491 e. The Labute approximate surface area is 194 Å². The smallest absolute Gasteiger partial charge is 0.145 e. The van der Waals surface area contributed by atoms with Crippen molar-refractivity contribution in [2.45, 2.75) is 32.1 Å². The van der Waals surface area contributed by atoms with E-state index in [-0.39, 0.29) is 18.5 Å². The Balaban J connectivity index is 1.37. The molecule has 5 nitrogen and oxygen atoms in total. The molecule has 4 rings (SSSR count). The van der Waals surface area contributed by atoms with Crippen molar-refractivity contribution in [3.63, 3.8) is 0 Å². The van der Waals surface area contributed by atoms with Crippen LogP contribution in [-0.4, -0.2) is 47.6 Å². The van der Waals surface area contributed by atoms with Crippen molar-refractivity contribution in [1.82, 2.24) is 4.90 Å². The summed E-state index contributed by atoms with van der Waals surface area (Å²) >= 11 is 0. The first-order chi connectivity index (χ1) is 16.1. The van der Waals surface area contributed by atoms with E-state index >= 15 is 0 Å². The number of hydrogen-bond acceptors (Lipinski definition) is 5. The maximum atomic E-state index is 13.4. The standard InChI is InChI=1S/C27H29FN2O3/c1-20-7-5-6-10-27(20)32-19-24(31)17-30(16-21-11-13-23(28)14-12-21)18-25-15-26(29-33-25)22-8-3-2-4-9-22/h2-14,24-25,31H,15-19H2,1H3/t24-,25-/m1/s1. The molecule has 0 amide bonds. The number of halogens is 1. The molecule has 1 heterocycles. The molecule has 0 spiro atoms. The van der Waals surface area contributed by atoms with E-state index in [0.29, 0.717) is 26.1 Å². The second-order valence-electron chi connectivity index (χ2n) is 8.39. The van der Waals surface area contributed by atoms with E-state index in [9.17, 15) is 9.50 Å². The zero-order valence-corrected chi connectivity index (χ0v) is 18.7. The van der Waals surface area contributed by atoms with E-state index < -0.39 is 6.10 Å². The SMILES string of the molecule is Cc1ccccc1OC[C@H](O)CN(Cc1ccc(F)cc1)C[C@H]1CC(c2ccccc2)=NO1. The van der Waals surface area contributed by atoms with E-state index in [2.05, 4.69) is 10.1 Å². The van der Waals surface area contributed by atoms with Crippen molar-refractivity contribution in [1.29, 1.82) is 0 Å². The number of rotatable bonds is 10. The van der Waals surface area contributed by atoms with Crippen LogP contribution in [0.3, 0.4) is 0 Å². The van der Waals surface area contributed by atoms with Crippen LogP contribution in [0.15, 0.2) is 84.0 Å². The number of para-hydroxylation sites is 1. The Morgan fingerprint density at radius 2 is 1.79 bits per heavy atom. The topological polar surface area (TPSA) is 54.3 Å². The zero-order chi connectivity index (χ0) is 23.0. The van der Waals surface area contributed by atoms with Crippen LogP contribution in [0.1, 0.15) is 23.1 Å². The summed E-state index contributed by atoms with van der Waals surface area (Å²) in [4.78, 5) is 7.81. The average molecular weight is 449 g/mol. The molecule has 0 fully saturated rings. The minimum absolute atomic E-state index is 0.120. The number of aliphatic hydroxyl groups is 1. The van der Waals surface area contributed by atoms with Gasteiger partial charge in [-0.15, -0.1) is 0 Å². The predicted molar refractivity (Wildman–Crippen MR) is 127 cm³/mol. The van der Waals surface area contributed by atoms with Gasteiger partial charge in [-0.1, -0.05) is 65.8 Å². The number of aryl methyl sites for hydroxylation is 1. The van der Waals surface area contributed by atoms with Gasteiger partial charge in [-0.25, -0.2) is 4.39 Å². The number of ether oxygens (including phenoxy) is 1. The summed E-state index contributed by atoms with van der Waals surface area (Å²) in [5, 5.41) is 15.0. The first kappa shape index (κ1) is 23.0. The van der Waals surface area contributed by atoms with Crippen molar-refractivity contribution in [2.75, 3.05) is 19.7 Å². The van der Waals surface area contributed by atoms with Crippen LogP contribution in [0.25, 0.3) is 0 Å². The second kappa shape index (κ2) is 11.1. The maximum Gasteiger partial charge on any atom is 0.145 e. The highest BCUT2D eigenvalue weighted by Crippen LogP contribution is 2.20. The number of benzene rings is 3. The van der Waals surface area contributed by atoms with Crippen molar-refractivity contribution in [3.05, 3.63) is 101 Å². The quantitative estimate of drug-likeness (QED) is 0.494. The van der Waals surface area contributed by atoms with Crippen molar-refractivity contribution in [3.8, 4) is 5.75 Å². The predicted octanol–water partition coefficient (Wildman–Crippen LogP) is 4.57. The third-order valence-corrected chi connectivity index (χ3v) is 5.62. The first-order valence-electron chi connectivity index (χ1n) is 11.2. The molecule has 3 aromatic carbocycles. The monoisotopic (exact) mass is 448 g/mol. The molecule has 0 aliphatic carbocycles. The number of nitrogens with zero attached hydrogens (tertiary/aromatic N) is 2. The summed E-state index contributed by atoms with van der Waals surface area (Å²) < 4.78 is 19.2. The number of aliphatic hydroxyl groups excluding tert-OH is 1. The Bertz CT molecular complexity index is 1060. The fraction of sp³-hybridized carbons (Fsp3) is 0.296. The maximum absolute atomic E-state index is 13.4. The lowest BCUT2D eigenvalue weighted by atomic mass is 10.0. The molecule has 0 unspecified atom stereocenters. The summed E-state index contributed by atoms with van der Waals surface area (Å²) in [7, 11) is 0. The highest BCUT2D eigenvalue weighted by atomic mass is 19.1. The number of oxime groups is 1. The lowest BCUT2D eigenvalue weighted by Crippen LogP contribution is -2.39. The van der Waals surface area contributed by atoms with Gasteiger partial charge in [0.25, 0.3) is 0 Å². The highest BCUT2D eigenvalue weighted by Gasteiger charge is 2.26. The molecule has 1 N–H and O–H groups in total. The third-order valence-electron chi connectivity index (χ3n) is 5.62. The molecule has 2 atom stereocenters. The lowest BCUT2D eigenvalue weighted by Gasteiger charge is -2.27. The Kier molecular flexibility index (Phi) is 7.70. The molecule has 0 saturated carbocycles. The van der Waals surface area contributed by atoms with E-state index in [1.807, 2.05) is 61.5 Å². The molecular formula is C27H29FN2O3. The average Bonchev–Trinajstić information content (AvgIpc) is 3.29. The van der Waals surface area contributed by atoms with E-state index in [1.165, 1.54) is 12.1 Å². The fourth-order valence-electron chi connectivity index (χ4n) is 3.92. The molecule has 0 saturated heterocycles. The molecule has 0 bridgehead atoms. The van der Waals surface area contributed by atoms with Gasteiger partial charge in [0.15, 0.2) is 0 Å². The Hall–Kier alpha value is -3.22. The summed E-state index contributed by atoms with van der Waals surface area (Å²) in [6.45, 7) is 3.69.